The van der Waals surface area contributed by atoms with Gasteiger partial charge in [-0.05, 0) is 105 Å². The van der Waals surface area contributed by atoms with E-state index in [0.717, 1.165) is 32.1 Å². The molecule has 0 aromatic heterocycles. The molecule has 0 spiro atoms. The van der Waals surface area contributed by atoms with Crippen LogP contribution in [0.25, 0.3) is 0 Å². The fraction of sp³-hybridized carbons (Fsp3) is 0.483. The van der Waals surface area contributed by atoms with Crippen LogP contribution in [0.5, 0.6) is 5.75 Å². The average Bonchev–Trinajstić information content (AvgIpc) is 2.86. The number of hydrogen-bond acceptors (Lipinski definition) is 5. The molecule has 2 N–H and O–H groups in total. The highest BCUT2D eigenvalue weighted by Crippen LogP contribution is 2.66. The Bertz CT molecular complexity index is 1240. The largest absolute Gasteiger partial charge is 0.496 e. The van der Waals surface area contributed by atoms with Gasteiger partial charge in [0.2, 0.25) is 0 Å². The number of hydrazine groups is 1. The third-order valence-corrected chi connectivity index (χ3v) is 8.90. The highest BCUT2D eigenvalue weighted by Gasteiger charge is 2.61. The molecule has 4 bridgehead atoms. The van der Waals surface area contributed by atoms with E-state index in [0.29, 0.717) is 22.6 Å². The van der Waals surface area contributed by atoms with Gasteiger partial charge >= 0.3 is 5.97 Å². The molecule has 0 radical (unpaired) electrons. The third-order valence-electron chi connectivity index (χ3n) is 8.67. The maximum Gasteiger partial charge on any atom is 0.312 e. The topological polar surface area (TPSA) is 93.7 Å². The van der Waals surface area contributed by atoms with Gasteiger partial charge in [-0.3, -0.25) is 25.2 Å². The predicted molar refractivity (Wildman–Crippen MR) is 139 cm³/mol. The fourth-order valence-corrected chi connectivity index (χ4v) is 7.45. The smallest absolute Gasteiger partial charge is 0.312 e. The van der Waals surface area contributed by atoms with Crippen molar-refractivity contribution in [2.45, 2.75) is 57.8 Å². The first kappa shape index (κ1) is 25.6. The van der Waals surface area contributed by atoms with Crippen molar-refractivity contribution < 1.29 is 23.9 Å². The van der Waals surface area contributed by atoms with Gasteiger partial charge in [-0.15, -0.1) is 0 Å². The van der Waals surface area contributed by atoms with E-state index >= 15 is 0 Å². The number of rotatable bonds is 6. The van der Waals surface area contributed by atoms with Gasteiger partial charge in [0.25, 0.3) is 11.8 Å². The number of carbonyl (C=O) groups excluding carboxylic acids is 3. The van der Waals surface area contributed by atoms with Crippen molar-refractivity contribution in [2.24, 2.45) is 17.3 Å². The Balaban J connectivity index is 1.22. The number of esters is 1. The maximum atomic E-state index is 13.5. The Hall–Kier alpha value is -3.06. The second-order valence-corrected chi connectivity index (χ2v) is 11.7. The van der Waals surface area contributed by atoms with E-state index < -0.39 is 23.8 Å². The van der Waals surface area contributed by atoms with E-state index in [1.54, 1.807) is 12.1 Å². The van der Waals surface area contributed by atoms with Crippen molar-refractivity contribution in [3.05, 3.63) is 63.7 Å². The van der Waals surface area contributed by atoms with E-state index in [1.807, 2.05) is 0 Å². The summed E-state index contributed by atoms with van der Waals surface area (Å²) in [6.07, 6.45) is 5.80. The van der Waals surface area contributed by atoms with Crippen molar-refractivity contribution in [3.8, 4) is 5.75 Å². The number of carbonyl (C=O) groups is 3. The van der Waals surface area contributed by atoms with Gasteiger partial charge in [0, 0.05) is 5.02 Å². The molecule has 4 saturated carbocycles. The Labute approximate surface area is 222 Å². The van der Waals surface area contributed by atoms with Gasteiger partial charge in [-0.2, -0.15) is 0 Å². The van der Waals surface area contributed by atoms with Gasteiger partial charge in [-0.1, -0.05) is 29.8 Å². The zero-order chi connectivity index (χ0) is 26.4. The molecule has 196 valence electrons. The first-order valence-electron chi connectivity index (χ1n) is 12.8. The Morgan fingerprint density at radius 3 is 2.38 bits per heavy atom. The first-order chi connectivity index (χ1) is 17.6. The van der Waals surface area contributed by atoms with E-state index in [2.05, 4.69) is 42.9 Å². The van der Waals surface area contributed by atoms with Crippen LogP contribution in [-0.2, 0) is 19.7 Å². The SMILES string of the molecule is COc1ccc(Cl)cc1C(=O)NNC(=O)COC(=O)C12C[C@H]3C[C@@H](C1)CC(c1ccc(C)c(C)c1)(C3)C2. The minimum absolute atomic E-state index is 0.00614. The van der Waals surface area contributed by atoms with Crippen molar-refractivity contribution in [3.63, 3.8) is 0 Å². The quantitative estimate of drug-likeness (QED) is 0.418. The van der Waals surface area contributed by atoms with E-state index in [1.165, 1.54) is 36.3 Å². The van der Waals surface area contributed by atoms with Crippen molar-refractivity contribution in [1.82, 2.24) is 10.9 Å². The summed E-state index contributed by atoms with van der Waals surface area (Å²) < 4.78 is 10.7. The normalized spacial score (nSPS) is 27.5. The van der Waals surface area contributed by atoms with Gasteiger partial charge in [0.05, 0.1) is 18.1 Å². The van der Waals surface area contributed by atoms with E-state index in [9.17, 15) is 14.4 Å². The summed E-state index contributed by atoms with van der Waals surface area (Å²) >= 11 is 5.98. The van der Waals surface area contributed by atoms with E-state index in [4.69, 9.17) is 21.1 Å². The molecule has 8 heteroatoms. The zero-order valence-electron chi connectivity index (χ0n) is 21.5. The maximum absolute atomic E-state index is 13.5. The predicted octanol–water partition coefficient (Wildman–Crippen LogP) is 4.81. The molecule has 2 aromatic carbocycles. The number of methoxy groups -OCH3 is 1. The molecule has 0 aliphatic heterocycles. The molecule has 37 heavy (non-hydrogen) atoms. The molecular weight excluding hydrogens is 492 g/mol. The minimum atomic E-state index is -0.615. The molecule has 4 aliphatic carbocycles. The lowest BCUT2D eigenvalue weighted by molar-refractivity contribution is -0.175. The van der Waals surface area contributed by atoms with Crippen LogP contribution in [0.4, 0.5) is 0 Å². The summed E-state index contributed by atoms with van der Waals surface area (Å²) in [5.41, 5.74) is 8.14. The first-order valence-corrected chi connectivity index (χ1v) is 13.2. The number of halogens is 1. The van der Waals surface area contributed by atoms with Crippen LogP contribution in [-0.4, -0.2) is 31.5 Å². The summed E-state index contributed by atoms with van der Waals surface area (Å²) in [5, 5.41) is 0.361. The summed E-state index contributed by atoms with van der Waals surface area (Å²) in [7, 11) is 1.44. The van der Waals surface area contributed by atoms with Crippen molar-refractivity contribution >= 4 is 29.4 Å². The Morgan fingerprint density at radius 1 is 0.973 bits per heavy atom. The second-order valence-electron chi connectivity index (χ2n) is 11.2. The van der Waals surface area contributed by atoms with Gasteiger partial charge in [0.1, 0.15) is 5.75 Å². The van der Waals surface area contributed by atoms with Crippen LogP contribution in [0.3, 0.4) is 0 Å². The van der Waals surface area contributed by atoms with Crippen molar-refractivity contribution in [2.75, 3.05) is 13.7 Å². The average molecular weight is 525 g/mol. The number of amides is 2. The summed E-state index contributed by atoms with van der Waals surface area (Å²) in [6.45, 7) is 3.80. The number of hydrogen-bond donors (Lipinski definition) is 2. The number of ether oxygens (including phenoxy) is 2. The molecule has 2 amide bonds. The van der Waals surface area contributed by atoms with E-state index in [-0.39, 0.29) is 16.9 Å². The standard InChI is InChI=1S/C29H33ClN2O5/c1-17-4-5-21(8-18(17)2)28-11-19-9-20(12-28)14-29(13-19,16-28)27(35)37-15-25(33)31-32-26(34)23-10-22(30)6-7-24(23)36-3/h4-8,10,19-20H,9,11-16H2,1-3H3,(H,31,33)(H,32,34)/t19-,20+,28?,29?. The molecule has 6 rings (SSSR count). The number of nitrogens with one attached hydrogen (secondary N) is 2. The molecule has 0 saturated heterocycles. The molecular formula is C29H33ClN2O5. The van der Waals surface area contributed by atoms with Crippen LogP contribution < -0.4 is 15.6 Å². The Morgan fingerprint density at radius 2 is 1.70 bits per heavy atom. The molecule has 4 atom stereocenters. The monoisotopic (exact) mass is 524 g/mol. The second kappa shape index (κ2) is 9.67. The van der Waals surface area contributed by atoms with Gasteiger partial charge < -0.3 is 9.47 Å². The highest BCUT2D eigenvalue weighted by molar-refractivity contribution is 6.31. The number of benzene rings is 2. The van der Waals surface area contributed by atoms with Crippen LogP contribution in [0, 0.1) is 31.1 Å². The minimum Gasteiger partial charge on any atom is -0.496 e. The fourth-order valence-electron chi connectivity index (χ4n) is 7.28. The number of aryl methyl sites for hydroxylation is 2. The Kier molecular flexibility index (Phi) is 6.69. The summed E-state index contributed by atoms with van der Waals surface area (Å²) in [6, 6.07) is 11.3. The van der Waals surface area contributed by atoms with Crippen LogP contribution in [0.15, 0.2) is 36.4 Å². The van der Waals surface area contributed by atoms with Crippen molar-refractivity contribution in [1.29, 1.82) is 0 Å². The highest BCUT2D eigenvalue weighted by atomic mass is 35.5. The van der Waals surface area contributed by atoms with Crippen LogP contribution in [0.1, 0.15) is 65.6 Å². The molecule has 2 aromatic rings. The third kappa shape index (κ3) is 4.81. The van der Waals surface area contributed by atoms with Gasteiger partial charge in [-0.25, -0.2) is 0 Å². The molecule has 7 nitrogen and oxygen atoms in total. The molecule has 2 unspecified atom stereocenters. The van der Waals surface area contributed by atoms with Crippen LogP contribution in [0.2, 0.25) is 5.02 Å². The molecule has 4 aliphatic rings. The lowest BCUT2D eigenvalue weighted by Gasteiger charge is -2.61. The van der Waals surface area contributed by atoms with Gasteiger partial charge in [0.15, 0.2) is 6.61 Å². The lowest BCUT2D eigenvalue weighted by Crippen LogP contribution is -2.57. The summed E-state index contributed by atoms with van der Waals surface area (Å²) in [4.78, 5) is 38.4. The summed E-state index contributed by atoms with van der Waals surface area (Å²) in [5.74, 6) is -0.186. The molecule has 4 fully saturated rings. The molecule has 0 heterocycles. The van der Waals surface area contributed by atoms with Crippen LogP contribution >= 0.6 is 11.6 Å². The zero-order valence-corrected chi connectivity index (χ0v) is 22.2. The lowest BCUT2D eigenvalue weighted by atomic mass is 9.43.